The normalized spacial score (nSPS) is 11.6. The Morgan fingerprint density at radius 2 is 1.41 bits per heavy atom. The third-order valence-electron chi connectivity index (χ3n) is 4.74. The van der Waals surface area contributed by atoms with Gasteiger partial charge in [0.15, 0.2) is 11.5 Å². The highest BCUT2D eigenvalue weighted by Crippen LogP contribution is 2.51. The van der Waals surface area contributed by atoms with E-state index in [1.54, 1.807) is 13.2 Å². The van der Waals surface area contributed by atoms with Gasteiger partial charge in [-0.1, -0.05) is 48.5 Å². The second-order valence-corrected chi connectivity index (χ2v) is 7.65. The van der Waals surface area contributed by atoms with Crippen molar-refractivity contribution in [2.45, 2.75) is 0 Å². The van der Waals surface area contributed by atoms with Crippen LogP contribution in [0.4, 0.5) is 0 Å². The minimum Gasteiger partial charge on any atom is -0.497 e. The number of rotatable bonds is 5. The molecule has 0 saturated heterocycles. The van der Waals surface area contributed by atoms with E-state index in [0.717, 1.165) is 27.1 Å². The monoisotopic (exact) mass is 410 g/mol. The van der Waals surface area contributed by atoms with Crippen LogP contribution in [0.15, 0.2) is 66.7 Å². The van der Waals surface area contributed by atoms with Crippen molar-refractivity contribution in [3.05, 3.63) is 66.7 Å². The van der Waals surface area contributed by atoms with Crippen LogP contribution in [0.25, 0.3) is 32.7 Å². The van der Waals surface area contributed by atoms with E-state index in [-0.39, 0.29) is 11.5 Å². The summed E-state index contributed by atoms with van der Waals surface area (Å²) in [6.45, 7) is 0. The molecule has 4 rings (SSSR count). The van der Waals surface area contributed by atoms with E-state index in [1.165, 1.54) is 7.11 Å². The van der Waals surface area contributed by atoms with Crippen molar-refractivity contribution in [2.75, 3.05) is 14.2 Å². The molecule has 0 fully saturated rings. The van der Waals surface area contributed by atoms with Gasteiger partial charge in [0.2, 0.25) is 0 Å². The van der Waals surface area contributed by atoms with E-state index < -0.39 is 7.82 Å². The van der Waals surface area contributed by atoms with Crippen molar-refractivity contribution in [3.63, 3.8) is 0 Å². The maximum atomic E-state index is 11.8. The van der Waals surface area contributed by atoms with Gasteiger partial charge in [-0.2, -0.15) is 0 Å². The van der Waals surface area contributed by atoms with Crippen LogP contribution in [0.5, 0.6) is 17.2 Å². The molecule has 0 unspecified atom stereocenters. The van der Waals surface area contributed by atoms with E-state index in [0.29, 0.717) is 11.3 Å². The molecule has 0 spiro atoms. The lowest BCUT2D eigenvalue weighted by Gasteiger charge is -2.20. The first kappa shape index (κ1) is 19.3. The van der Waals surface area contributed by atoms with Gasteiger partial charge in [0, 0.05) is 5.56 Å². The van der Waals surface area contributed by atoms with Crippen molar-refractivity contribution in [3.8, 4) is 28.4 Å². The maximum Gasteiger partial charge on any atom is 0.524 e. The summed E-state index contributed by atoms with van der Waals surface area (Å²) in [5.41, 5.74) is 1.25. The van der Waals surface area contributed by atoms with Crippen LogP contribution in [0.2, 0.25) is 0 Å². The zero-order valence-corrected chi connectivity index (χ0v) is 16.7. The Hall–Kier alpha value is -3.05. The highest BCUT2D eigenvalue weighted by Gasteiger charge is 2.26. The average molecular weight is 410 g/mol. The molecule has 4 aromatic rings. The molecule has 7 heteroatoms. The minimum absolute atomic E-state index is 0.0158. The Kier molecular flexibility index (Phi) is 4.92. The molecular formula is C22H19O6P. The Labute approximate surface area is 167 Å². The van der Waals surface area contributed by atoms with Crippen LogP contribution in [0, 0.1) is 0 Å². The lowest BCUT2D eigenvalue weighted by atomic mass is 9.92. The summed E-state index contributed by atoms with van der Waals surface area (Å²) in [4.78, 5) is 19.1. The number of phosphoric acid groups is 1. The van der Waals surface area contributed by atoms with Crippen LogP contribution < -0.4 is 14.0 Å². The van der Waals surface area contributed by atoms with Gasteiger partial charge in [-0.15, -0.1) is 0 Å². The molecule has 0 aromatic heterocycles. The molecule has 148 valence electrons. The Morgan fingerprint density at radius 1 is 0.793 bits per heavy atom. The third-order valence-corrected chi connectivity index (χ3v) is 5.16. The summed E-state index contributed by atoms with van der Waals surface area (Å²) >= 11 is 0. The topological polar surface area (TPSA) is 85.2 Å². The molecule has 0 radical (unpaired) electrons. The maximum absolute atomic E-state index is 11.8. The largest absolute Gasteiger partial charge is 0.524 e. The van der Waals surface area contributed by atoms with E-state index in [2.05, 4.69) is 0 Å². The molecule has 29 heavy (non-hydrogen) atoms. The fourth-order valence-corrected chi connectivity index (χ4v) is 3.96. The first-order valence-electron chi connectivity index (χ1n) is 8.83. The summed E-state index contributed by atoms with van der Waals surface area (Å²) in [7, 11) is -1.83. The van der Waals surface area contributed by atoms with Gasteiger partial charge in [0.25, 0.3) is 0 Å². The molecule has 0 bridgehead atoms. The minimum atomic E-state index is -4.84. The first-order chi connectivity index (χ1) is 13.9. The number of hydrogen-bond donors (Lipinski definition) is 2. The number of hydrogen-bond acceptors (Lipinski definition) is 4. The van der Waals surface area contributed by atoms with E-state index in [1.807, 2.05) is 60.7 Å². The fourth-order valence-electron chi connectivity index (χ4n) is 3.54. The predicted octanol–water partition coefficient (Wildman–Crippen LogP) is 5.15. The summed E-state index contributed by atoms with van der Waals surface area (Å²) in [5.74, 6) is 0.833. The summed E-state index contributed by atoms with van der Waals surface area (Å²) in [5, 5.41) is 3.44. The molecule has 0 saturated carbocycles. The number of fused-ring (bicyclic) bond motifs is 2. The Morgan fingerprint density at radius 3 is 2.03 bits per heavy atom. The highest BCUT2D eigenvalue weighted by atomic mass is 31.2. The molecule has 0 aliphatic rings. The van der Waals surface area contributed by atoms with Gasteiger partial charge >= 0.3 is 7.82 Å². The Bertz CT molecular complexity index is 1260. The summed E-state index contributed by atoms with van der Waals surface area (Å²) in [6.07, 6.45) is 0. The molecular weight excluding hydrogens is 391 g/mol. The van der Waals surface area contributed by atoms with Gasteiger partial charge in [0.05, 0.1) is 14.2 Å². The molecule has 0 heterocycles. The van der Waals surface area contributed by atoms with Crippen molar-refractivity contribution >= 4 is 29.4 Å². The van der Waals surface area contributed by atoms with Crippen molar-refractivity contribution < 1.29 is 28.3 Å². The van der Waals surface area contributed by atoms with Crippen molar-refractivity contribution in [1.82, 2.24) is 0 Å². The molecule has 0 aliphatic heterocycles. The SMILES string of the molecule is COc1cc(-c2c(OP(=O)(O)O)c(OC)cc3ccccc23)c2ccccc2c1. The molecule has 0 atom stereocenters. The molecule has 2 N–H and O–H groups in total. The second-order valence-electron chi connectivity index (χ2n) is 6.48. The van der Waals surface area contributed by atoms with Gasteiger partial charge in [-0.05, 0) is 45.3 Å². The molecule has 4 aromatic carbocycles. The predicted molar refractivity (Wildman–Crippen MR) is 113 cm³/mol. The number of phosphoric ester groups is 1. The van der Waals surface area contributed by atoms with Crippen molar-refractivity contribution in [1.29, 1.82) is 0 Å². The average Bonchev–Trinajstić information content (AvgIpc) is 2.71. The zero-order valence-electron chi connectivity index (χ0n) is 15.8. The smallest absolute Gasteiger partial charge is 0.497 e. The quantitative estimate of drug-likeness (QED) is 0.443. The standard InChI is InChI=1S/C22H19O6P/c1-26-16-11-14-7-3-5-9-17(14)19(13-16)21-18-10-6-4-8-15(18)12-20(27-2)22(21)28-29(23,24)25/h3-13H,1-2H3,(H2,23,24,25). The van der Waals surface area contributed by atoms with Gasteiger partial charge in [-0.3, -0.25) is 9.79 Å². The van der Waals surface area contributed by atoms with Crippen LogP contribution in [-0.2, 0) is 4.57 Å². The number of benzene rings is 4. The molecule has 6 nitrogen and oxygen atoms in total. The lowest BCUT2D eigenvalue weighted by Crippen LogP contribution is -1.98. The molecule has 0 aliphatic carbocycles. The van der Waals surface area contributed by atoms with Crippen molar-refractivity contribution in [2.24, 2.45) is 0 Å². The van der Waals surface area contributed by atoms with Crippen LogP contribution in [0.1, 0.15) is 0 Å². The first-order valence-corrected chi connectivity index (χ1v) is 10.4. The van der Waals surface area contributed by atoms with Crippen LogP contribution >= 0.6 is 7.82 Å². The van der Waals surface area contributed by atoms with E-state index >= 15 is 0 Å². The number of methoxy groups -OCH3 is 2. The Balaban J connectivity index is 2.19. The van der Waals surface area contributed by atoms with E-state index in [9.17, 15) is 14.4 Å². The van der Waals surface area contributed by atoms with Gasteiger partial charge in [-0.25, -0.2) is 4.57 Å². The van der Waals surface area contributed by atoms with Crippen LogP contribution in [-0.4, -0.2) is 24.0 Å². The van der Waals surface area contributed by atoms with Gasteiger partial charge in [0.1, 0.15) is 5.75 Å². The summed E-state index contributed by atoms with van der Waals surface area (Å²) < 4.78 is 27.8. The molecule has 0 amide bonds. The lowest BCUT2D eigenvalue weighted by molar-refractivity contribution is 0.277. The fraction of sp³-hybridized carbons (Fsp3) is 0.0909. The van der Waals surface area contributed by atoms with Gasteiger partial charge < -0.3 is 14.0 Å². The second kappa shape index (κ2) is 7.41. The zero-order chi connectivity index (χ0) is 20.6. The third kappa shape index (κ3) is 3.66. The number of ether oxygens (including phenoxy) is 2. The highest BCUT2D eigenvalue weighted by molar-refractivity contribution is 7.46. The van der Waals surface area contributed by atoms with E-state index in [4.69, 9.17) is 14.0 Å². The van der Waals surface area contributed by atoms with Crippen LogP contribution in [0.3, 0.4) is 0 Å². The summed E-state index contributed by atoms with van der Waals surface area (Å²) in [6, 6.07) is 20.7.